The lowest BCUT2D eigenvalue weighted by Gasteiger charge is -2.40. The number of hydrogen-bond donors (Lipinski definition) is 8. The van der Waals surface area contributed by atoms with Crippen molar-refractivity contribution in [3.63, 3.8) is 0 Å². The molecule has 2 saturated heterocycles. The maximum atomic E-state index is 14.2. The summed E-state index contributed by atoms with van der Waals surface area (Å²) >= 11 is 5.24. The summed E-state index contributed by atoms with van der Waals surface area (Å²) in [5, 5.41) is 36.9. The molecule has 24 nitrogen and oxygen atoms in total. The molecule has 3 unspecified atom stereocenters. The summed E-state index contributed by atoms with van der Waals surface area (Å²) < 4.78 is 41.1. The van der Waals surface area contributed by atoms with E-state index in [0.29, 0.717) is 55.2 Å². The fourth-order valence-corrected chi connectivity index (χ4v) is 15.9. The summed E-state index contributed by atoms with van der Waals surface area (Å²) in [6.07, 6.45) is 5.43. The molecule has 3 aliphatic heterocycles. The Morgan fingerprint density at radius 3 is 2.22 bits per heavy atom. The highest BCUT2D eigenvalue weighted by Gasteiger charge is 2.45. The minimum absolute atomic E-state index is 0.0215. The number of nitrogens with zero attached hydrogens (tertiary/aromatic N) is 2. The number of aromatic nitrogens is 2. The number of thioether (sulfide) groups is 3. The molecule has 3 aromatic carbocycles. The van der Waals surface area contributed by atoms with E-state index in [2.05, 4.69) is 32.1 Å². The molecule has 1 saturated carbocycles. The van der Waals surface area contributed by atoms with E-state index in [1.165, 1.54) is 75.6 Å². The lowest BCUT2D eigenvalue weighted by Crippen LogP contribution is -2.49. The van der Waals surface area contributed by atoms with Gasteiger partial charge < -0.3 is 59.3 Å². The van der Waals surface area contributed by atoms with Crippen molar-refractivity contribution in [2.75, 3.05) is 84.4 Å². The molecule has 4 aromatic rings. The monoisotopic (exact) mass is 1300 g/mol. The number of carbonyl (C=O) groups is 7. The Bertz CT molecular complexity index is 3260. The fraction of sp³-hybridized carbons (Fsp3) is 0.571. The molecule has 486 valence electrons. The highest BCUT2D eigenvalue weighted by atomic mass is 32.2. The number of morpholine rings is 1. The largest absolute Gasteiger partial charge is 0.507 e. The lowest BCUT2D eigenvalue weighted by atomic mass is 9.74. The van der Waals surface area contributed by atoms with Gasteiger partial charge in [-0.15, -0.1) is 0 Å². The Labute approximate surface area is 534 Å². The summed E-state index contributed by atoms with van der Waals surface area (Å²) in [6, 6.07) is 9.94. The van der Waals surface area contributed by atoms with Crippen molar-refractivity contribution in [1.82, 2.24) is 42.1 Å². The molecule has 0 spiro atoms. The van der Waals surface area contributed by atoms with Crippen molar-refractivity contribution in [2.45, 2.75) is 137 Å². The van der Waals surface area contributed by atoms with Gasteiger partial charge in [0.2, 0.25) is 29.4 Å². The number of aromatic hydroxyl groups is 2. The van der Waals surface area contributed by atoms with Gasteiger partial charge in [0.05, 0.1) is 110 Å². The lowest BCUT2D eigenvalue weighted by molar-refractivity contribution is -0.255. The standard InChI is InChI=1S/C63H80N8O16S3/c1-35-44(86-52-31-84-24-20-66-52)14-15-53(85-35)87-46-30-37(28-39-55(46)61(78)57-56(59(39)76)58(75)38-8-7-9-45(81-2)54(38)60(57)77)63(80)71-70-50(73)17-27-88-34-51(74)65-19-18-64-49(72)16-22-82-25-26-83-23-21-67-62(79)36-12-13-40-41(29-36)69-43-33-90-48-11-6-4-3-5-10-47(48)89-32-42(43)68-40/h7-9,12-13,29,35,37,44,46-48,52-53,66,76,78H,3-6,10-11,14-28,30-34H2,1-2H3,(H,64,72)(H,65,74)(H,67,79)(H,70,73)(H,71,80)/t35-,37?,44-,46-,47?,48?,52+,53-/m0/s1. The van der Waals surface area contributed by atoms with E-state index in [0.717, 1.165) is 33.9 Å². The highest BCUT2D eigenvalue weighted by Crippen LogP contribution is 2.52. The molecule has 4 heterocycles. The van der Waals surface area contributed by atoms with Crippen LogP contribution in [0.5, 0.6) is 17.2 Å². The Morgan fingerprint density at radius 1 is 0.756 bits per heavy atom. The number of ketones is 2. The Morgan fingerprint density at radius 2 is 1.49 bits per heavy atom. The van der Waals surface area contributed by atoms with Crippen molar-refractivity contribution >= 4 is 87.4 Å². The fourth-order valence-electron chi connectivity index (χ4n) is 12.1. The number of carbonyl (C=O) groups excluding carboxylic acids is 7. The normalized spacial score (nSPS) is 23.2. The maximum absolute atomic E-state index is 14.2. The maximum Gasteiger partial charge on any atom is 0.251 e. The predicted molar refractivity (Wildman–Crippen MR) is 337 cm³/mol. The molecule has 0 bridgehead atoms. The number of methoxy groups -OCH3 is 1. The number of amides is 5. The first-order chi connectivity index (χ1) is 43.7. The topological polar surface area (TPSA) is 323 Å². The van der Waals surface area contributed by atoms with E-state index in [-0.39, 0.29) is 135 Å². The van der Waals surface area contributed by atoms with Crippen LogP contribution in [-0.4, -0.2) is 181 Å². The average Bonchev–Trinajstić information content (AvgIpc) is 0.748. The van der Waals surface area contributed by atoms with Gasteiger partial charge in [0.15, 0.2) is 12.1 Å². The second-order valence-corrected chi connectivity index (χ2v) is 26.5. The van der Waals surface area contributed by atoms with Crippen LogP contribution in [0.4, 0.5) is 0 Å². The van der Waals surface area contributed by atoms with E-state index in [9.17, 15) is 43.8 Å². The number of hydrogen-bond acceptors (Lipinski definition) is 22. The van der Waals surface area contributed by atoms with Crippen LogP contribution in [0.25, 0.3) is 11.0 Å². The van der Waals surface area contributed by atoms with Crippen LogP contribution in [0.2, 0.25) is 0 Å². The quantitative estimate of drug-likeness (QED) is 0.0223. The third-order valence-corrected chi connectivity index (χ3v) is 20.8. The van der Waals surface area contributed by atoms with Gasteiger partial charge in [-0.3, -0.25) is 49.7 Å². The van der Waals surface area contributed by atoms with Gasteiger partial charge in [0.25, 0.3) is 5.91 Å². The number of phenolic OH excluding ortho intramolecular Hbond substituents is 2. The van der Waals surface area contributed by atoms with E-state index in [1.54, 1.807) is 12.1 Å². The average molecular weight is 1300 g/mol. The molecular weight excluding hydrogens is 1220 g/mol. The van der Waals surface area contributed by atoms with Crippen LogP contribution in [0.15, 0.2) is 36.4 Å². The number of ether oxygens (including phenoxy) is 7. The molecule has 3 fully saturated rings. The van der Waals surface area contributed by atoms with Crippen molar-refractivity contribution in [2.24, 2.45) is 5.92 Å². The first kappa shape index (κ1) is 66.8. The Hall–Kier alpha value is -6.14. The van der Waals surface area contributed by atoms with E-state index in [1.807, 2.05) is 36.5 Å². The van der Waals surface area contributed by atoms with E-state index >= 15 is 0 Å². The number of fused-ring (bicyclic) bond motifs is 6. The summed E-state index contributed by atoms with van der Waals surface area (Å²) in [7, 11) is 1.35. The number of phenols is 2. The molecule has 8 N–H and O–H groups in total. The zero-order chi connectivity index (χ0) is 63.1. The summed E-state index contributed by atoms with van der Waals surface area (Å²) in [4.78, 5) is 103. The van der Waals surface area contributed by atoms with Crippen molar-refractivity contribution < 1.29 is 76.9 Å². The molecule has 5 amide bonds. The Kier molecular flexibility index (Phi) is 24.1. The van der Waals surface area contributed by atoms with Gasteiger partial charge in [-0.05, 0) is 63.3 Å². The van der Waals surface area contributed by atoms with Gasteiger partial charge in [-0.1, -0.05) is 37.8 Å². The smallest absolute Gasteiger partial charge is 0.251 e. The molecule has 3 aliphatic carbocycles. The zero-order valence-corrected chi connectivity index (χ0v) is 53.1. The van der Waals surface area contributed by atoms with Gasteiger partial charge in [0, 0.05) is 101 Å². The molecule has 6 aliphatic rings. The summed E-state index contributed by atoms with van der Waals surface area (Å²) in [6.45, 7) is 5.14. The van der Waals surface area contributed by atoms with Gasteiger partial charge >= 0.3 is 0 Å². The molecular formula is C63H80N8O16S3. The second-order valence-electron chi connectivity index (χ2n) is 23.0. The van der Waals surface area contributed by atoms with Crippen molar-refractivity contribution in [1.29, 1.82) is 0 Å². The SMILES string of the molecule is COc1cccc2c1C(=O)c1c(O)c3c(c(O)c1C2=O)CC(C(=O)NNC(=O)CCSCC(=O)NCCNC(=O)CCOCCOCCNC(=O)c1ccc2nc4c(nc2c1)CSC1CCCCCCC1SC4)C[C@@H]3O[C@H]1CC[C@H](O[C@@H]2COCCN2)[C@H](C)O1. The van der Waals surface area contributed by atoms with Crippen LogP contribution in [0.3, 0.4) is 0 Å². The van der Waals surface area contributed by atoms with E-state index < -0.39 is 70.4 Å². The van der Waals surface area contributed by atoms with Crippen LogP contribution in [-0.2, 0) is 65.5 Å². The number of benzene rings is 3. The van der Waals surface area contributed by atoms with Gasteiger partial charge in [-0.2, -0.15) is 35.3 Å². The van der Waals surface area contributed by atoms with Gasteiger partial charge in [-0.25, -0.2) is 9.97 Å². The zero-order valence-electron chi connectivity index (χ0n) is 50.7. The minimum Gasteiger partial charge on any atom is -0.507 e. The van der Waals surface area contributed by atoms with Crippen molar-refractivity contribution in [3.8, 4) is 17.2 Å². The molecule has 8 atom stereocenters. The summed E-state index contributed by atoms with van der Waals surface area (Å²) in [5.74, 6) is -3.41. The van der Waals surface area contributed by atoms with Crippen LogP contribution >= 0.6 is 35.3 Å². The third-order valence-electron chi connectivity index (χ3n) is 16.8. The number of hydrazine groups is 1. The second kappa shape index (κ2) is 32.4. The molecule has 1 aromatic heterocycles. The van der Waals surface area contributed by atoms with Crippen LogP contribution in [0.1, 0.15) is 148 Å². The number of rotatable bonds is 24. The molecule has 90 heavy (non-hydrogen) atoms. The Balaban J connectivity index is 0.592. The first-order valence-corrected chi connectivity index (χ1v) is 34.3. The first-order valence-electron chi connectivity index (χ1n) is 31.0. The molecule has 0 radical (unpaired) electrons. The molecule has 27 heteroatoms. The predicted octanol–water partition coefficient (Wildman–Crippen LogP) is 5.23. The molecule has 10 rings (SSSR count). The van der Waals surface area contributed by atoms with Gasteiger partial charge in [0.1, 0.15) is 23.5 Å². The van der Waals surface area contributed by atoms with Crippen molar-refractivity contribution in [3.05, 3.63) is 86.7 Å². The van der Waals surface area contributed by atoms with Crippen LogP contribution < -0.4 is 36.9 Å². The third kappa shape index (κ3) is 16.9. The number of nitrogens with one attached hydrogen (secondary N) is 6. The summed E-state index contributed by atoms with van der Waals surface area (Å²) in [5.41, 5.74) is 8.14. The minimum atomic E-state index is -1.13. The highest BCUT2D eigenvalue weighted by molar-refractivity contribution is 8.03. The van der Waals surface area contributed by atoms with E-state index in [4.69, 9.17) is 43.1 Å². The van der Waals surface area contributed by atoms with Crippen LogP contribution in [0, 0.1) is 5.92 Å².